The summed E-state index contributed by atoms with van der Waals surface area (Å²) in [4.78, 5) is 13.9. The van der Waals surface area contributed by atoms with E-state index >= 15 is 0 Å². The monoisotopic (exact) mass is 150 g/mol. The van der Waals surface area contributed by atoms with E-state index in [1.807, 2.05) is 0 Å². The molecular formula is C6H8N5+. The first kappa shape index (κ1) is 6.09. The summed E-state index contributed by atoms with van der Waals surface area (Å²) in [6.45, 7) is 1.80. The van der Waals surface area contributed by atoms with Crippen LogP contribution in [0.2, 0.25) is 0 Å². The zero-order chi connectivity index (χ0) is 7.84. The maximum absolute atomic E-state index is 5.60. The minimum atomic E-state index is 0.480. The van der Waals surface area contributed by atoms with Crippen molar-refractivity contribution in [2.45, 2.75) is 6.92 Å². The molecule has 0 saturated carbocycles. The fraction of sp³-hybridized carbons (Fsp3) is 0.167. The molecule has 5 heteroatoms. The number of hydrogen-bond donors (Lipinski definition) is 2. The summed E-state index contributed by atoms with van der Waals surface area (Å²) in [6.07, 6.45) is 1.68. The predicted molar refractivity (Wildman–Crippen MR) is 39.6 cm³/mol. The number of nitrogens with one attached hydrogen (secondary N) is 2. The summed E-state index contributed by atoms with van der Waals surface area (Å²) < 4.78 is 0. The smallest absolute Gasteiger partial charge is 0.305 e. The Kier molecular flexibility index (Phi) is 1.06. The number of aryl methyl sites for hydroxylation is 1. The molecule has 0 aliphatic heterocycles. The van der Waals surface area contributed by atoms with E-state index in [0.29, 0.717) is 11.6 Å². The molecule has 56 valence electrons. The third-order valence-corrected chi connectivity index (χ3v) is 1.47. The summed E-state index contributed by atoms with van der Waals surface area (Å²) in [5.74, 6) is 1.15. The summed E-state index contributed by atoms with van der Waals surface area (Å²) in [7, 11) is 0. The van der Waals surface area contributed by atoms with Crippen LogP contribution in [0.3, 0.4) is 0 Å². The number of fused-ring (bicyclic) bond motifs is 1. The van der Waals surface area contributed by atoms with Crippen molar-refractivity contribution in [3.05, 3.63) is 12.2 Å². The maximum atomic E-state index is 5.60. The first-order valence-corrected chi connectivity index (χ1v) is 3.26. The van der Waals surface area contributed by atoms with Crippen LogP contribution in [-0.4, -0.2) is 15.0 Å². The zero-order valence-electron chi connectivity index (χ0n) is 6.05. The number of aromatic amines is 2. The van der Waals surface area contributed by atoms with Crippen molar-refractivity contribution in [1.29, 1.82) is 0 Å². The SMILES string of the molecule is Cc1nc(N)c2[nH]c[nH+]c2n1. The molecule has 0 atom stereocenters. The van der Waals surface area contributed by atoms with E-state index in [1.54, 1.807) is 13.3 Å². The van der Waals surface area contributed by atoms with Crippen LogP contribution in [0.5, 0.6) is 0 Å². The number of nitrogens with zero attached hydrogens (tertiary/aromatic N) is 2. The Bertz CT molecular complexity index is 391. The fourth-order valence-corrected chi connectivity index (χ4v) is 1.02. The number of rotatable bonds is 0. The Morgan fingerprint density at radius 1 is 1.55 bits per heavy atom. The highest BCUT2D eigenvalue weighted by Crippen LogP contribution is 2.09. The quantitative estimate of drug-likeness (QED) is 0.539. The van der Waals surface area contributed by atoms with E-state index < -0.39 is 0 Å². The molecule has 0 amide bonds. The van der Waals surface area contributed by atoms with Crippen LogP contribution in [-0.2, 0) is 0 Å². The first-order chi connectivity index (χ1) is 5.27. The van der Waals surface area contributed by atoms with Crippen molar-refractivity contribution in [2.75, 3.05) is 5.73 Å². The van der Waals surface area contributed by atoms with Gasteiger partial charge in [0.2, 0.25) is 11.3 Å². The van der Waals surface area contributed by atoms with E-state index in [1.165, 1.54) is 0 Å². The Morgan fingerprint density at radius 2 is 2.36 bits per heavy atom. The van der Waals surface area contributed by atoms with Crippen molar-refractivity contribution in [1.82, 2.24) is 15.0 Å². The second-order valence-corrected chi connectivity index (χ2v) is 2.31. The Balaban J connectivity index is 2.91. The molecule has 2 heterocycles. The molecule has 0 fully saturated rings. The lowest BCUT2D eigenvalue weighted by molar-refractivity contribution is -0.347. The molecule has 0 unspecified atom stereocenters. The lowest BCUT2D eigenvalue weighted by Crippen LogP contribution is -2.02. The van der Waals surface area contributed by atoms with Crippen LogP contribution in [0.1, 0.15) is 5.82 Å². The predicted octanol–water partition coefficient (Wildman–Crippen LogP) is -0.337. The normalized spacial score (nSPS) is 10.6. The highest BCUT2D eigenvalue weighted by molar-refractivity contribution is 5.78. The molecule has 4 N–H and O–H groups in total. The largest absolute Gasteiger partial charge is 0.380 e. The average molecular weight is 150 g/mol. The van der Waals surface area contributed by atoms with Crippen molar-refractivity contribution in [3.63, 3.8) is 0 Å². The van der Waals surface area contributed by atoms with Crippen LogP contribution >= 0.6 is 0 Å². The van der Waals surface area contributed by atoms with E-state index in [2.05, 4.69) is 19.9 Å². The Hall–Kier alpha value is -1.65. The van der Waals surface area contributed by atoms with Gasteiger partial charge in [0.05, 0.1) is 0 Å². The van der Waals surface area contributed by atoms with Gasteiger partial charge in [-0.05, 0) is 0 Å². The standard InChI is InChI=1S/C6H7N5/c1-3-10-5(7)4-6(11-3)9-2-8-4/h2H,1H3,(H3,7,8,9,10,11)/p+1. The van der Waals surface area contributed by atoms with Gasteiger partial charge in [0.15, 0.2) is 12.1 Å². The molecule has 5 nitrogen and oxygen atoms in total. The Morgan fingerprint density at radius 3 is 3.18 bits per heavy atom. The van der Waals surface area contributed by atoms with Gasteiger partial charge in [0.1, 0.15) is 0 Å². The number of aromatic nitrogens is 4. The molecular weight excluding hydrogens is 142 g/mol. The summed E-state index contributed by atoms with van der Waals surface area (Å²) >= 11 is 0. The van der Waals surface area contributed by atoms with Gasteiger partial charge in [0, 0.05) is 6.92 Å². The van der Waals surface area contributed by atoms with Gasteiger partial charge < -0.3 is 5.73 Å². The number of H-pyrrole nitrogens is 2. The average Bonchev–Trinajstić information content (AvgIpc) is 2.34. The number of nitrogens with two attached hydrogens (primary N) is 1. The maximum Gasteiger partial charge on any atom is 0.305 e. The second kappa shape index (κ2) is 1.91. The molecule has 0 saturated heterocycles. The van der Waals surface area contributed by atoms with Gasteiger partial charge in [-0.1, -0.05) is 4.98 Å². The third kappa shape index (κ3) is 0.813. The molecule has 0 radical (unpaired) electrons. The van der Waals surface area contributed by atoms with Crippen LogP contribution in [0.4, 0.5) is 5.82 Å². The van der Waals surface area contributed by atoms with E-state index in [0.717, 1.165) is 11.2 Å². The molecule has 0 aromatic carbocycles. The molecule has 2 aromatic heterocycles. The van der Waals surface area contributed by atoms with E-state index in [4.69, 9.17) is 5.73 Å². The third-order valence-electron chi connectivity index (χ3n) is 1.47. The number of nitrogen functional groups attached to an aromatic ring is 1. The van der Waals surface area contributed by atoms with Gasteiger partial charge in [0.25, 0.3) is 0 Å². The molecule has 0 spiro atoms. The van der Waals surface area contributed by atoms with Crippen LogP contribution < -0.4 is 10.7 Å². The molecule has 0 bridgehead atoms. The van der Waals surface area contributed by atoms with Crippen LogP contribution in [0.15, 0.2) is 6.33 Å². The molecule has 0 aliphatic carbocycles. The van der Waals surface area contributed by atoms with Gasteiger partial charge in [-0.15, -0.1) is 0 Å². The first-order valence-electron chi connectivity index (χ1n) is 3.26. The number of imidazole rings is 1. The topological polar surface area (TPSA) is 81.7 Å². The number of anilines is 1. The van der Waals surface area contributed by atoms with Gasteiger partial charge in [-0.3, -0.25) is 4.98 Å². The minimum absolute atomic E-state index is 0.480. The molecule has 11 heavy (non-hydrogen) atoms. The van der Waals surface area contributed by atoms with Crippen molar-refractivity contribution in [2.24, 2.45) is 0 Å². The Labute approximate surface area is 62.7 Å². The van der Waals surface area contributed by atoms with Crippen LogP contribution in [0, 0.1) is 6.92 Å². The van der Waals surface area contributed by atoms with Gasteiger partial charge in [-0.25, -0.2) is 4.98 Å². The summed E-state index contributed by atoms with van der Waals surface area (Å²) in [6, 6.07) is 0. The zero-order valence-corrected chi connectivity index (χ0v) is 6.05. The van der Waals surface area contributed by atoms with Gasteiger partial charge in [-0.2, -0.15) is 4.98 Å². The fourth-order valence-electron chi connectivity index (χ4n) is 1.02. The van der Waals surface area contributed by atoms with Crippen molar-refractivity contribution < 1.29 is 4.98 Å². The lowest BCUT2D eigenvalue weighted by atomic mass is 10.5. The lowest BCUT2D eigenvalue weighted by Gasteiger charge is -1.88. The number of hydrogen-bond acceptors (Lipinski definition) is 3. The van der Waals surface area contributed by atoms with E-state index in [-0.39, 0.29) is 0 Å². The molecule has 2 rings (SSSR count). The van der Waals surface area contributed by atoms with Crippen molar-refractivity contribution in [3.8, 4) is 0 Å². The summed E-state index contributed by atoms with van der Waals surface area (Å²) in [5.41, 5.74) is 7.10. The molecule has 0 aliphatic rings. The van der Waals surface area contributed by atoms with Crippen LogP contribution in [0.25, 0.3) is 11.2 Å². The highest BCUT2D eigenvalue weighted by atomic mass is 15.0. The minimum Gasteiger partial charge on any atom is -0.380 e. The van der Waals surface area contributed by atoms with Crippen molar-refractivity contribution >= 4 is 17.0 Å². The summed E-state index contributed by atoms with van der Waals surface area (Å²) in [5, 5.41) is 0. The van der Waals surface area contributed by atoms with Gasteiger partial charge >= 0.3 is 5.65 Å². The molecule has 2 aromatic rings. The highest BCUT2D eigenvalue weighted by Gasteiger charge is 2.09. The van der Waals surface area contributed by atoms with E-state index in [9.17, 15) is 0 Å². The second-order valence-electron chi connectivity index (χ2n) is 2.31.